The van der Waals surface area contributed by atoms with Crippen LogP contribution in [0.4, 0.5) is 5.69 Å². The van der Waals surface area contributed by atoms with Gasteiger partial charge in [0.25, 0.3) is 11.6 Å². The van der Waals surface area contributed by atoms with Crippen LogP contribution in [0.3, 0.4) is 0 Å². The number of nitro benzene ring substituents is 1. The van der Waals surface area contributed by atoms with Gasteiger partial charge in [0.2, 0.25) is 5.91 Å². The number of nitrogens with one attached hydrogen (secondary N) is 1. The van der Waals surface area contributed by atoms with Gasteiger partial charge < -0.3 is 14.8 Å². The number of nitrogens with zero attached hydrogens (tertiary/aromatic N) is 3. The number of rotatable bonds is 5. The molecule has 1 saturated heterocycles. The highest BCUT2D eigenvalue weighted by Crippen LogP contribution is 2.28. The van der Waals surface area contributed by atoms with E-state index in [0.717, 1.165) is 6.42 Å². The number of fused-ring (bicyclic) bond motifs is 1. The van der Waals surface area contributed by atoms with Gasteiger partial charge in [-0.05, 0) is 18.4 Å². The first kappa shape index (κ1) is 20.4. The molecule has 0 bridgehead atoms. The van der Waals surface area contributed by atoms with Crippen molar-refractivity contribution >= 4 is 28.4 Å². The maximum atomic E-state index is 13.0. The number of amides is 2. The monoisotopic (exact) mass is 412 g/mol. The summed E-state index contributed by atoms with van der Waals surface area (Å²) < 4.78 is 0. The minimum atomic E-state index is -0.460. The summed E-state index contributed by atoms with van der Waals surface area (Å²) in [6, 6.07) is 4.47. The van der Waals surface area contributed by atoms with Gasteiger partial charge in [0, 0.05) is 61.8 Å². The average molecular weight is 412 g/mol. The third-order valence-corrected chi connectivity index (χ3v) is 6.52. The molecule has 1 aromatic heterocycles. The maximum Gasteiger partial charge on any atom is 0.270 e. The number of nitro groups is 1. The summed E-state index contributed by atoms with van der Waals surface area (Å²) in [5, 5.41) is 11.6. The molecule has 8 nitrogen and oxygen atoms in total. The minimum Gasteiger partial charge on any atom is -0.360 e. The smallest absolute Gasteiger partial charge is 0.270 e. The number of H-pyrrole nitrogens is 1. The molecule has 1 saturated carbocycles. The number of aromatic amines is 1. The molecule has 2 heterocycles. The third-order valence-electron chi connectivity index (χ3n) is 6.52. The van der Waals surface area contributed by atoms with E-state index in [1.165, 1.54) is 44.2 Å². The van der Waals surface area contributed by atoms with Crippen LogP contribution in [0.15, 0.2) is 24.4 Å². The van der Waals surface area contributed by atoms with Gasteiger partial charge in [-0.25, -0.2) is 0 Å². The van der Waals surface area contributed by atoms with Crippen LogP contribution < -0.4 is 0 Å². The van der Waals surface area contributed by atoms with Crippen LogP contribution in [0.2, 0.25) is 0 Å². The number of benzene rings is 1. The van der Waals surface area contributed by atoms with Gasteiger partial charge in [-0.2, -0.15) is 0 Å². The summed E-state index contributed by atoms with van der Waals surface area (Å²) >= 11 is 0. The molecule has 2 aliphatic rings. The molecule has 160 valence electrons. The molecule has 8 heteroatoms. The van der Waals surface area contributed by atoms with Gasteiger partial charge in [0.1, 0.15) is 0 Å². The van der Waals surface area contributed by atoms with Crippen molar-refractivity contribution in [2.24, 2.45) is 5.92 Å². The number of piperazine rings is 1. The van der Waals surface area contributed by atoms with Gasteiger partial charge in [-0.3, -0.25) is 19.7 Å². The van der Waals surface area contributed by atoms with E-state index in [9.17, 15) is 19.7 Å². The lowest BCUT2D eigenvalue weighted by atomic mass is 9.86. The Morgan fingerprint density at radius 1 is 1.07 bits per heavy atom. The summed E-state index contributed by atoms with van der Waals surface area (Å²) in [7, 11) is 0. The zero-order valence-corrected chi connectivity index (χ0v) is 17.1. The van der Waals surface area contributed by atoms with Gasteiger partial charge in [-0.15, -0.1) is 0 Å². The Bertz CT molecular complexity index is 940. The first-order chi connectivity index (χ1) is 14.5. The van der Waals surface area contributed by atoms with Crippen molar-refractivity contribution in [3.63, 3.8) is 0 Å². The molecule has 2 fully saturated rings. The van der Waals surface area contributed by atoms with Gasteiger partial charge in [-0.1, -0.05) is 32.1 Å². The molecule has 2 aromatic rings. The van der Waals surface area contributed by atoms with Crippen LogP contribution in [-0.2, 0) is 4.79 Å². The Hall–Kier alpha value is -2.90. The van der Waals surface area contributed by atoms with E-state index in [4.69, 9.17) is 0 Å². The lowest BCUT2D eigenvalue weighted by Crippen LogP contribution is -2.50. The maximum absolute atomic E-state index is 13.0. The normalized spacial score (nSPS) is 18.0. The molecular formula is C22H28N4O4. The lowest BCUT2D eigenvalue weighted by molar-refractivity contribution is -0.384. The number of carbonyl (C=O) groups is 2. The summed E-state index contributed by atoms with van der Waals surface area (Å²) in [5.74, 6) is 0.725. The predicted molar refractivity (Wildman–Crippen MR) is 113 cm³/mol. The molecule has 1 aromatic carbocycles. The molecule has 1 aliphatic heterocycles. The Kier molecular flexibility index (Phi) is 6.01. The fourth-order valence-electron chi connectivity index (χ4n) is 4.69. The van der Waals surface area contributed by atoms with Crippen LogP contribution in [-0.4, -0.2) is 57.7 Å². The number of non-ortho nitro benzene ring substituents is 1. The van der Waals surface area contributed by atoms with Crippen molar-refractivity contribution < 1.29 is 14.5 Å². The summed E-state index contributed by atoms with van der Waals surface area (Å²) in [5.41, 5.74) is 1.09. The Balaban J connectivity index is 1.34. The molecule has 2 amide bonds. The molecule has 0 unspecified atom stereocenters. The van der Waals surface area contributed by atoms with Crippen molar-refractivity contribution in [2.45, 2.75) is 44.9 Å². The van der Waals surface area contributed by atoms with Crippen molar-refractivity contribution in [1.82, 2.24) is 14.8 Å². The molecular weight excluding hydrogens is 384 g/mol. The van der Waals surface area contributed by atoms with Crippen LogP contribution in [0, 0.1) is 16.0 Å². The highest BCUT2D eigenvalue weighted by Gasteiger charge is 2.27. The fourth-order valence-corrected chi connectivity index (χ4v) is 4.69. The largest absolute Gasteiger partial charge is 0.360 e. The van der Waals surface area contributed by atoms with E-state index in [2.05, 4.69) is 4.98 Å². The lowest BCUT2D eigenvalue weighted by Gasteiger charge is -2.35. The minimum absolute atomic E-state index is 0.0375. The number of carbonyl (C=O) groups excluding carboxylic acids is 2. The van der Waals surface area contributed by atoms with Crippen LogP contribution in [0.25, 0.3) is 10.9 Å². The zero-order chi connectivity index (χ0) is 21.1. The molecule has 30 heavy (non-hydrogen) atoms. The van der Waals surface area contributed by atoms with E-state index < -0.39 is 4.92 Å². The topological polar surface area (TPSA) is 99.6 Å². The van der Waals surface area contributed by atoms with Gasteiger partial charge >= 0.3 is 0 Å². The second-order valence-electron chi connectivity index (χ2n) is 8.41. The highest BCUT2D eigenvalue weighted by atomic mass is 16.6. The van der Waals surface area contributed by atoms with E-state index in [-0.39, 0.29) is 17.5 Å². The Morgan fingerprint density at radius 3 is 2.47 bits per heavy atom. The summed E-state index contributed by atoms with van der Waals surface area (Å²) in [6.45, 7) is 2.04. The van der Waals surface area contributed by atoms with E-state index >= 15 is 0 Å². The Morgan fingerprint density at radius 2 is 1.77 bits per heavy atom. The quantitative estimate of drug-likeness (QED) is 0.597. The summed E-state index contributed by atoms with van der Waals surface area (Å²) in [4.78, 5) is 42.8. The zero-order valence-electron chi connectivity index (χ0n) is 17.1. The molecule has 4 rings (SSSR count). The highest BCUT2D eigenvalue weighted by molar-refractivity contribution is 6.07. The molecule has 1 aliphatic carbocycles. The van der Waals surface area contributed by atoms with E-state index in [1.54, 1.807) is 17.2 Å². The third kappa shape index (κ3) is 4.32. The van der Waals surface area contributed by atoms with E-state index in [0.29, 0.717) is 55.0 Å². The van der Waals surface area contributed by atoms with Crippen molar-refractivity contribution in [3.8, 4) is 0 Å². The SMILES string of the molecule is O=C(CCC1CCCCC1)N1CCN(C(=O)c2c[nH]c3ccc([N+](=O)[O-])cc23)CC1. The number of aromatic nitrogens is 1. The summed E-state index contributed by atoms with van der Waals surface area (Å²) in [6.07, 6.45) is 9.59. The Labute approximate surface area is 175 Å². The first-order valence-corrected chi connectivity index (χ1v) is 10.9. The number of hydrogen-bond donors (Lipinski definition) is 1. The molecule has 0 radical (unpaired) electrons. The fraction of sp³-hybridized carbons (Fsp3) is 0.545. The van der Waals surface area contributed by atoms with Crippen molar-refractivity contribution in [1.29, 1.82) is 0 Å². The molecule has 0 spiro atoms. The van der Waals surface area contributed by atoms with Crippen LogP contribution >= 0.6 is 0 Å². The van der Waals surface area contributed by atoms with Crippen molar-refractivity contribution in [3.05, 3.63) is 40.1 Å². The van der Waals surface area contributed by atoms with Crippen molar-refractivity contribution in [2.75, 3.05) is 26.2 Å². The molecule has 1 N–H and O–H groups in total. The number of hydrogen-bond acceptors (Lipinski definition) is 4. The second-order valence-corrected chi connectivity index (χ2v) is 8.41. The average Bonchev–Trinajstić information content (AvgIpc) is 3.21. The van der Waals surface area contributed by atoms with Crippen LogP contribution in [0.1, 0.15) is 55.3 Å². The van der Waals surface area contributed by atoms with Crippen LogP contribution in [0.5, 0.6) is 0 Å². The second kappa shape index (κ2) is 8.85. The van der Waals surface area contributed by atoms with Gasteiger partial charge in [0.15, 0.2) is 0 Å². The molecule has 0 atom stereocenters. The van der Waals surface area contributed by atoms with Gasteiger partial charge in [0.05, 0.1) is 10.5 Å². The first-order valence-electron chi connectivity index (χ1n) is 10.9. The standard InChI is InChI=1S/C22H28N4O4/c27-21(9-6-16-4-2-1-3-5-16)24-10-12-25(13-11-24)22(28)19-15-23-20-8-7-17(26(29)30)14-18(19)20/h7-8,14-16,23H,1-6,9-13H2. The predicted octanol–water partition coefficient (Wildman–Crippen LogP) is 3.72. The van der Waals surface area contributed by atoms with E-state index in [1.807, 2.05) is 4.90 Å².